The van der Waals surface area contributed by atoms with Gasteiger partial charge in [0.1, 0.15) is 27.7 Å². The van der Waals surface area contributed by atoms with E-state index in [-0.39, 0.29) is 0 Å². The maximum Gasteiger partial charge on any atom is 0.263 e. The van der Waals surface area contributed by atoms with E-state index in [0.29, 0.717) is 0 Å². The Bertz CT molecular complexity index is 1870. The highest BCUT2D eigenvalue weighted by Crippen LogP contribution is 2.50. The number of anilines is 1. The number of hydrogen-bond donors (Lipinski definition) is 0. The molecule has 0 aliphatic carbocycles. The van der Waals surface area contributed by atoms with Crippen LogP contribution in [-0.4, -0.2) is 25.1 Å². The van der Waals surface area contributed by atoms with Gasteiger partial charge in [-0.3, -0.25) is 0 Å². The van der Waals surface area contributed by atoms with Crippen molar-refractivity contribution >= 4 is 88.5 Å². The van der Waals surface area contributed by atoms with Gasteiger partial charge in [0.2, 0.25) is 5.52 Å². The highest BCUT2D eigenvalue weighted by Gasteiger charge is 2.29. The van der Waals surface area contributed by atoms with Gasteiger partial charge in [0, 0.05) is 21.3 Å². The third kappa shape index (κ3) is 4.55. The van der Waals surface area contributed by atoms with Gasteiger partial charge in [0.15, 0.2) is 0 Å². The average molecular weight is 563 g/mol. The van der Waals surface area contributed by atoms with Crippen molar-refractivity contribution in [2.24, 2.45) is 7.05 Å². The quantitative estimate of drug-likeness (QED) is 0.176. The molecule has 5 nitrogen and oxygen atoms in total. The first-order chi connectivity index (χ1) is 17.8. The number of nitrogens with zero attached hydrogens (tertiary/aromatic N) is 2. The molecule has 0 bridgehead atoms. The molecule has 0 atom stereocenters. The van der Waals surface area contributed by atoms with Crippen molar-refractivity contribution in [2.75, 3.05) is 17.0 Å². The van der Waals surface area contributed by atoms with Gasteiger partial charge in [-0.1, -0.05) is 77.7 Å². The first-order valence-corrected chi connectivity index (χ1v) is 15.9. The fourth-order valence-corrected chi connectivity index (χ4v) is 8.27. The van der Waals surface area contributed by atoms with Gasteiger partial charge < -0.3 is 9.45 Å². The van der Waals surface area contributed by atoms with E-state index < -0.39 is 16.0 Å². The van der Waals surface area contributed by atoms with Crippen LogP contribution in [0.2, 0.25) is 0 Å². The number of hydrogen-bond acceptors (Lipinski definition) is 7. The van der Waals surface area contributed by atoms with Crippen molar-refractivity contribution in [3.63, 3.8) is 0 Å². The summed E-state index contributed by atoms with van der Waals surface area (Å²) in [6.07, 6.45) is 6.11. The van der Waals surface area contributed by atoms with Crippen LogP contribution in [0.4, 0.5) is 5.69 Å². The van der Waals surface area contributed by atoms with Crippen LogP contribution >= 0.6 is 34.9 Å². The number of thioether (sulfide) groups is 2. The zero-order chi connectivity index (χ0) is 25.7. The van der Waals surface area contributed by atoms with Gasteiger partial charge in [0.25, 0.3) is 5.01 Å². The molecule has 1 aromatic heterocycles. The maximum atomic E-state index is 11.9. The minimum absolute atomic E-state index is 0.614. The van der Waals surface area contributed by atoms with Gasteiger partial charge >= 0.3 is 0 Å². The Morgan fingerprint density at radius 3 is 2.41 bits per heavy atom. The molecule has 186 valence electrons. The van der Waals surface area contributed by atoms with Crippen LogP contribution in [0.15, 0.2) is 93.7 Å². The van der Waals surface area contributed by atoms with E-state index in [1.165, 1.54) is 32.8 Å². The number of fused-ring (bicyclic) bond motifs is 6. The van der Waals surface area contributed by atoms with E-state index in [1.54, 1.807) is 28.0 Å². The van der Waals surface area contributed by atoms with E-state index in [4.69, 9.17) is 0 Å². The molecule has 0 saturated carbocycles. The minimum Gasteiger partial charge on any atom is -0.747 e. The van der Waals surface area contributed by atoms with Gasteiger partial charge in [-0.25, -0.2) is 8.42 Å². The zero-order valence-electron chi connectivity index (χ0n) is 20.0. The second-order valence-electron chi connectivity index (χ2n) is 8.72. The zero-order valence-corrected chi connectivity index (χ0v) is 23.3. The van der Waals surface area contributed by atoms with Crippen molar-refractivity contribution in [3.8, 4) is 0 Å². The molecule has 0 unspecified atom stereocenters. The molecular formula is C28H22N2O3S4. The predicted molar refractivity (Wildman–Crippen MR) is 157 cm³/mol. The molecule has 1 aliphatic rings. The van der Waals surface area contributed by atoms with Crippen LogP contribution in [0, 0.1) is 0 Å². The van der Waals surface area contributed by atoms with Crippen molar-refractivity contribution < 1.29 is 17.5 Å². The second-order valence-corrected chi connectivity index (χ2v) is 13.1. The van der Waals surface area contributed by atoms with Crippen LogP contribution in [0.5, 0.6) is 0 Å². The Morgan fingerprint density at radius 2 is 1.68 bits per heavy atom. The van der Waals surface area contributed by atoms with Crippen LogP contribution < -0.4 is 9.47 Å². The minimum atomic E-state index is -4.50. The molecule has 0 spiro atoms. The highest BCUT2D eigenvalue weighted by atomic mass is 32.2. The largest absolute Gasteiger partial charge is 0.747 e. The Balaban J connectivity index is 1.47. The Morgan fingerprint density at radius 1 is 1.00 bits per heavy atom. The van der Waals surface area contributed by atoms with Crippen molar-refractivity contribution in [1.82, 2.24) is 0 Å². The number of allylic oxidation sites excluding steroid dienone is 1. The number of thiazole rings is 1. The summed E-state index contributed by atoms with van der Waals surface area (Å²) in [7, 11) is -2.43. The molecule has 9 heteroatoms. The SMILES string of the molecule is CSC(=C\c1sc2ccc3ccccc3c2[n+]1C)/C=C1\Sc2ccc3ccccc3c2N1CS(=O)(=O)[O-]. The van der Waals surface area contributed by atoms with Gasteiger partial charge in [0.05, 0.1) is 16.1 Å². The number of rotatable bonds is 5. The molecule has 2 heterocycles. The maximum absolute atomic E-state index is 11.9. The molecule has 6 rings (SSSR count). The second kappa shape index (κ2) is 9.49. The van der Waals surface area contributed by atoms with Crippen LogP contribution in [0.25, 0.3) is 37.8 Å². The normalized spacial score (nSPS) is 15.4. The monoisotopic (exact) mass is 562 g/mol. The average Bonchev–Trinajstić information content (AvgIpc) is 3.39. The standard InChI is InChI=1S/C28H22N2O3S4/c1-29-25(35-23-13-11-18-7-3-5-9-21(18)27(23)29)15-20(34-2)16-26-30(17-37(31,32)33)28-22-10-6-4-8-19(22)12-14-24(28)36-26/h3-16H,17H2,1-2H3. The van der Waals surface area contributed by atoms with E-state index in [2.05, 4.69) is 48.0 Å². The Labute approximate surface area is 227 Å². The topological polar surface area (TPSA) is 64.3 Å². The molecule has 0 fully saturated rings. The summed E-state index contributed by atoms with van der Waals surface area (Å²) in [6, 6.07) is 24.5. The molecule has 5 aromatic rings. The van der Waals surface area contributed by atoms with Crippen LogP contribution in [-0.2, 0) is 17.2 Å². The smallest absolute Gasteiger partial charge is 0.263 e. The number of benzene rings is 4. The van der Waals surface area contributed by atoms with Gasteiger partial charge in [-0.05, 0) is 41.3 Å². The molecule has 0 radical (unpaired) electrons. The van der Waals surface area contributed by atoms with E-state index in [0.717, 1.165) is 36.3 Å². The molecule has 37 heavy (non-hydrogen) atoms. The summed E-state index contributed by atoms with van der Waals surface area (Å²) in [5.74, 6) is -0.614. The van der Waals surface area contributed by atoms with Crippen LogP contribution in [0.3, 0.4) is 0 Å². The highest BCUT2D eigenvalue weighted by molar-refractivity contribution is 8.04. The first-order valence-electron chi connectivity index (χ1n) is 11.5. The molecule has 1 aliphatic heterocycles. The van der Waals surface area contributed by atoms with E-state index >= 15 is 0 Å². The van der Waals surface area contributed by atoms with Gasteiger partial charge in [-0.2, -0.15) is 4.57 Å². The van der Waals surface area contributed by atoms with Crippen molar-refractivity contribution in [1.29, 1.82) is 0 Å². The van der Waals surface area contributed by atoms with Gasteiger partial charge in [-0.15, -0.1) is 11.8 Å². The third-order valence-corrected chi connectivity index (χ3v) is 9.94. The fourth-order valence-electron chi connectivity index (χ4n) is 4.75. The molecular weight excluding hydrogens is 541 g/mol. The molecule has 0 amide bonds. The lowest BCUT2D eigenvalue weighted by Crippen LogP contribution is -2.29. The fraction of sp³-hybridized carbons (Fsp3) is 0.107. The van der Waals surface area contributed by atoms with Crippen LogP contribution in [0.1, 0.15) is 5.01 Å². The number of aromatic nitrogens is 1. The summed E-state index contributed by atoms with van der Waals surface area (Å²) in [4.78, 5) is 3.56. The predicted octanol–water partition coefficient (Wildman–Crippen LogP) is 6.69. The Hall–Kier alpha value is -2.82. The van der Waals surface area contributed by atoms with E-state index in [1.807, 2.05) is 54.8 Å². The summed E-state index contributed by atoms with van der Waals surface area (Å²) < 4.78 is 39.2. The first kappa shape index (κ1) is 24.5. The summed E-state index contributed by atoms with van der Waals surface area (Å²) >= 11 is 4.80. The Kier molecular flexibility index (Phi) is 6.29. The van der Waals surface area contributed by atoms with Crippen molar-refractivity contribution in [3.05, 3.63) is 93.8 Å². The summed E-state index contributed by atoms with van der Waals surface area (Å²) in [6.45, 7) is 0. The molecule has 0 saturated heterocycles. The summed E-state index contributed by atoms with van der Waals surface area (Å²) in [5, 5.41) is 6.15. The molecule has 4 aromatic carbocycles. The number of aryl methyl sites for hydroxylation is 1. The third-order valence-electron chi connectivity index (χ3n) is 6.41. The lowest BCUT2D eigenvalue weighted by atomic mass is 10.1. The lowest BCUT2D eigenvalue weighted by molar-refractivity contribution is -0.641. The lowest BCUT2D eigenvalue weighted by Gasteiger charge is -2.23. The summed E-state index contributed by atoms with van der Waals surface area (Å²) in [5.41, 5.74) is 1.96. The van der Waals surface area contributed by atoms with E-state index in [9.17, 15) is 13.0 Å². The van der Waals surface area contributed by atoms with Crippen molar-refractivity contribution in [2.45, 2.75) is 4.90 Å². The molecule has 0 N–H and O–H groups in total.